The minimum Gasteiger partial charge on any atom is -0.461 e. The SMILES string of the molecule is CC(CNCCc1ccccc1)OC(=O)C1CCC1. The van der Waals surface area contributed by atoms with E-state index in [1.54, 1.807) is 0 Å². The smallest absolute Gasteiger partial charge is 0.309 e. The summed E-state index contributed by atoms with van der Waals surface area (Å²) in [6, 6.07) is 10.4. The fourth-order valence-electron chi connectivity index (χ4n) is 2.16. The zero-order valence-corrected chi connectivity index (χ0v) is 11.6. The Kier molecular flexibility index (Phi) is 5.40. The highest BCUT2D eigenvalue weighted by molar-refractivity contribution is 5.73. The molecule has 1 aromatic carbocycles. The largest absolute Gasteiger partial charge is 0.461 e. The number of benzene rings is 1. The molecule has 19 heavy (non-hydrogen) atoms. The number of nitrogens with one attached hydrogen (secondary N) is 1. The van der Waals surface area contributed by atoms with Crippen LogP contribution in [0, 0.1) is 5.92 Å². The van der Waals surface area contributed by atoms with Crippen molar-refractivity contribution in [3.8, 4) is 0 Å². The molecule has 1 aliphatic rings. The number of esters is 1. The van der Waals surface area contributed by atoms with Crippen LogP contribution in [0.4, 0.5) is 0 Å². The summed E-state index contributed by atoms with van der Waals surface area (Å²) in [5.74, 6) is 0.162. The third-order valence-electron chi connectivity index (χ3n) is 3.62. The lowest BCUT2D eigenvalue weighted by Crippen LogP contribution is -2.33. The minimum atomic E-state index is -0.0381. The summed E-state index contributed by atoms with van der Waals surface area (Å²) < 4.78 is 5.41. The molecule has 104 valence electrons. The Bertz CT molecular complexity index is 387. The van der Waals surface area contributed by atoms with E-state index in [1.807, 2.05) is 13.0 Å². The van der Waals surface area contributed by atoms with E-state index < -0.39 is 0 Å². The Morgan fingerprint density at radius 2 is 2.11 bits per heavy atom. The van der Waals surface area contributed by atoms with Crippen molar-refractivity contribution < 1.29 is 9.53 Å². The van der Waals surface area contributed by atoms with Gasteiger partial charge in [-0.1, -0.05) is 36.8 Å². The average molecular weight is 261 g/mol. The van der Waals surface area contributed by atoms with E-state index in [9.17, 15) is 4.79 Å². The van der Waals surface area contributed by atoms with Crippen LogP contribution in [-0.4, -0.2) is 25.2 Å². The molecule has 3 nitrogen and oxygen atoms in total. The van der Waals surface area contributed by atoms with Gasteiger partial charge in [0.25, 0.3) is 0 Å². The number of carbonyl (C=O) groups is 1. The van der Waals surface area contributed by atoms with Crippen LogP contribution in [0.5, 0.6) is 0 Å². The van der Waals surface area contributed by atoms with E-state index in [-0.39, 0.29) is 18.0 Å². The summed E-state index contributed by atoms with van der Waals surface area (Å²) >= 11 is 0. The van der Waals surface area contributed by atoms with Gasteiger partial charge in [-0.15, -0.1) is 0 Å². The summed E-state index contributed by atoms with van der Waals surface area (Å²) in [6.45, 7) is 3.59. The highest BCUT2D eigenvalue weighted by atomic mass is 16.5. The highest BCUT2D eigenvalue weighted by Gasteiger charge is 2.27. The normalized spacial score (nSPS) is 16.7. The molecular formula is C16H23NO2. The summed E-state index contributed by atoms with van der Waals surface area (Å²) in [5.41, 5.74) is 1.33. The second-order valence-corrected chi connectivity index (χ2v) is 5.32. The van der Waals surface area contributed by atoms with Gasteiger partial charge >= 0.3 is 5.97 Å². The van der Waals surface area contributed by atoms with Gasteiger partial charge in [-0.2, -0.15) is 0 Å². The second kappa shape index (κ2) is 7.29. The van der Waals surface area contributed by atoms with Crippen molar-refractivity contribution in [3.05, 3.63) is 35.9 Å². The third-order valence-corrected chi connectivity index (χ3v) is 3.62. The second-order valence-electron chi connectivity index (χ2n) is 5.32. The lowest BCUT2D eigenvalue weighted by molar-refractivity contribution is -0.155. The molecule has 1 aromatic rings. The van der Waals surface area contributed by atoms with Crippen LogP contribution in [-0.2, 0) is 16.0 Å². The highest BCUT2D eigenvalue weighted by Crippen LogP contribution is 2.27. The van der Waals surface area contributed by atoms with Crippen LogP contribution in [0.1, 0.15) is 31.7 Å². The first-order valence-electron chi connectivity index (χ1n) is 7.21. The van der Waals surface area contributed by atoms with Crippen LogP contribution < -0.4 is 5.32 Å². The first-order valence-corrected chi connectivity index (χ1v) is 7.21. The zero-order valence-electron chi connectivity index (χ0n) is 11.6. The van der Waals surface area contributed by atoms with Gasteiger partial charge in [0.1, 0.15) is 6.10 Å². The summed E-state index contributed by atoms with van der Waals surface area (Å²) in [6.07, 6.45) is 4.15. The van der Waals surface area contributed by atoms with Crippen LogP contribution in [0.15, 0.2) is 30.3 Å². The molecule has 1 saturated carbocycles. The predicted molar refractivity (Wildman–Crippen MR) is 75.9 cm³/mol. The van der Waals surface area contributed by atoms with Crippen molar-refractivity contribution in [2.45, 2.75) is 38.7 Å². The Hall–Kier alpha value is -1.35. The fraction of sp³-hybridized carbons (Fsp3) is 0.562. The molecule has 0 spiro atoms. The average Bonchev–Trinajstić information content (AvgIpc) is 2.33. The van der Waals surface area contributed by atoms with Gasteiger partial charge in [0.15, 0.2) is 0 Å². The van der Waals surface area contributed by atoms with Gasteiger partial charge in [-0.3, -0.25) is 4.79 Å². The van der Waals surface area contributed by atoms with E-state index in [0.29, 0.717) is 0 Å². The monoisotopic (exact) mass is 261 g/mol. The maximum Gasteiger partial charge on any atom is 0.309 e. The van der Waals surface area contributed by atoms with Crippen molar-refractivity contribution in [2.24, 2.45) is 5.92 Å². The number of hydrogen-bond donors (Lipinski definition) is 1. The minimum absolute atomic E-state index is 0.0105. The first kappa shape index (κ1) is 14.1. The molecule has 1 N–H and O–H groups in total. The zero-order chi connectivity index (χ0) is 13.5. The van der Waals surface area contributed by atoms with Crippen LogP contribution in [0.3, 0.4) is 0 Å². The van der Waals surface area contributed by atoms with Crippen LogP contribution in [0.25, 0.3) is 0 Å². The Morgan fingerprint density at radius 3 is 2.74 bits per heavy atom. The molecule has 1 atom stereocenters. The Balaban J connectivity index is 1.56. The predicted octanol–water partition coefficient (Wildman–Crippen LogP) is 2.55. The number of rotatable bonds is 7. The lowest BCUT2D eigenvalue weighted by atomic mass is 9.86. The summed E-state index contributed by atoms with van der Waals surface area (Å²) in [5, 5.41) is 3.34. The quantitative estimate of drug-likeness (QED) is 0.605. The van der Waals surface area contributed by atoms with Crippen molar-refractivity contribution in [1.82, 2.24) is 5.32 Å². The molecule has 2 rings (SSSR count). The van der Waals surface area contributed by atoms with Gasteiger partial charge in [0.2, 0.25) is 0 Å². The van der Waals surface area contributed by atoms with Crippen molar-refractivity contribution in [2.75, 3.05) is 13.1 Å². The molecule has 1 unspecified atom stereocenters. The number of carbonyl (C=O) groups excluding carboxylic acids is 1. The molecule has 0 aliphatic heterocycles. The maximum atomic E-state index is 11.6. The van der Waals surface area contributed by atoms with E-state index in [0.717, 1.165) is 32.4 Å². The van der Waals surface area contributed by atoms with Gasteiger partial charge < -0.3 is 10.1 Å². The summed E-state index contributed by atoms with van der Waals surface area (Å²) in [7, 11) is 0. The van der Waals surface area contributed by atoms with Gasteiger partial charge in [-0.05, 0) is 38.3 Å². The maximum absolute atomic E-state index is 11.6. The van der Waals surface area contributed by atoms with E-state index in [2.05, 4.69) is 29.6 Å². The fourth-order valence-corrected chi connectivity index (χ4v) is 2.16. The van der Waals surface area contributed by atoms with E-state index in [4.69, 9.17) is 4.74 Å². The molecule has 0 bridgehead atoms. The molecular weight excluding hydrogens is 238 g/mol. The van der Waals surface area contributed by atoms with Gasteiger partial charge in [0.05, 0.1) is 5.92 Å². The van der Waals surface area contributed by atoms with E-state index >= 15 is 0 Å². The Morgan fingerprint density at radius 1 is 1.37 bits per heavy atom. The molecule has 0 aromatic heterocycles. The standard InChI is InChI=1S/C16H23NO2/c1-13(19-16(18)15-8-5-9-15)12-17-11-10-14-6-3-2-4-7-14/h2-4,6-7,13,15,17H,5,8-12H2,1H3. The first-order chi connectivity index (χ1) is 9.25. The topological polar surface area (TPSA) is 38.3 Å². The van der Waals surface area contributed by atoms with Crippen LogP contribution >= 0.6 is 0 Å². The molecule has 0 radical (unpaired) electrons. The van der Waals surface area contributed by atoms with Crippen molar-refractivity contribution in [1.29, 1.82) is 0 Å². The molecule has 0 saturated heterocycles. The van der Waals surface area contributed by atoms with Crippen molar-refractivity contribution >= 4 is 5.97 Å². The molecule has 1 fully saturated rings. The number of ether oxygens (including phenoxy) is 1. The van der Waals surface area contributed by atoms with Gasteiger partial charge in [-0.25, -0.2) is 0 Å². The van der Waals surface area contributed by atoms with Crippen molar-refractivity contribution in [3.63, 3.8) is 0 Å². The lowest BCUT2D eigenvalue weighted by Gasteiger charge is -2.25. The molecule has 3 heteroatoms. The van der Waals surface area contributed by atoms with Gasteiger partial charge in [0, 0.05) is 6.54 Å². The molecule has 0 amide bonds. The molecule has 0 heterocycles. The Labute approximate surface area is 115 Å². The summed E-state index contributed by atoms with van der Waals surface area (Å²) in [4.78, 5) is 11.6. The van der Waals surface area contributed by atoms with Crippen LogP contribution in [0.2, 0.25) is 0 Å². The molecule has 1 aliphatic carbocycles. The number of hydrogen-bond acceptors (Lipinski definition) is 3. The third kappa shape index (κ3) is 4.67. The van der Waals surface area contributed by atoms with E-state index in [1.165, 1.54) is 12.0 Å².